The Balaban J connectivity index is 2.01. The van der Waals surface area contributed by atoms with Crippen molar-refractivity contribution in [2.24, 2.45) is 0 Å². The predicted molar refractivity (Wildman–Crippen MR) is 82.0 cm³/mol. The molecule has 112 valence electrons. The minimum Gasteiger partial charge on any atom is -0.330 e. The molecule has 0 aliphatic heterocycles. The molecule has 2 N–H and O–H groups in total. The van der Waals surface area contributed by atoms with E-state index < -0.39 is 0 Å². The third kappa shape index (κ3) is 3.81. The number of anilines is 1. The summed E-state index contributed by atoms with van der Waals surface area (Å²) in [6.45, 7) is 7.97. The molecule has 0 aliphatic carbocycles. The third-order valence-electron chi connectivity index (χ3n) is 3.00. The second kappa shape index (κ2) is 5.95. The highest BCUT2D eigenvalue weighted by Crippen LogP contribution is 2.19. The van der Waals surface area contributed by atoms with Gasteiger partial charge in [0.25, 0.3) is 0 Å². The molecule has 0 aromatic carbocycles. The lowest BCUT2D eigenvalue weighted by atomic mass is 10.1. The number of amides is 2. The van der Waals surface area contributed by atoms with Crippen LogP contribution in [-0.4, -0.2) is 20.8 Å². The first kappa shape index (κ1) is 15.0. The molecule has 2 rings (SSSR count). The Bertz CT molecular complexity index is 600. The number of urea groups is 1. The van der Waals surface area contributed by atoms with Crippen LogP contribution in [-0.2, 0) is 5.54 Å². The Morgan fingerprint density at radius 3 is 2.62 bits per heavy atom. The topological polar surface area (TPSA) is 71.8 Å². The maximum absolute atomic E-state index is 12.1. The van der Waals surface area contributed by atoms with E-state index in [0.29, 0.717) is 5.82 Å². The molecule has 2 aromatic rings. The van der Waals surface area contributed by atoms with Crippen molar-refractivity contribution in [3.05, 3.63) is 42.4 Å². The Labute approximate surface area is 124 Å². The molecule has 6 heteroatoms. The van der Waals surface area contributed by atoms with Crippen molar-refractivity contribution in [1.82, 2.24) is 20.1 Å². The number of carbonyl (C=O) groups is 1. The minimum atomic E-state index is -0.279. The molecule has 0 fully saturated rings. The largest absolute Gasteiger partial charge is 0.330 e. The van der Waals surface area contributed by atoms with Gasteiger partial charge in [-0.05, 0) is 39.8 Å². The third-order valence-corrected chi connectivity index (χ3v) is 3.00. The van der Waals surface area contributed by atoms with E-state index in [1.165, 1.54) is 0 Å². The summed E-state index contributed by atoms with van der Waals surface area (Å²) in [5.74, 6) is 0.660. The van der Waals surface area contributed by atoms with Crippen LogP contribution in [0.15, 0.2) is 36.7 Å². The summed E-state index contributed by atoms with van der Waals surface area (Å²) in [5, 5.41) is 9.92. The van der Waals surface area contributed by atoms with Crippen LogP contribution in [0.5, 0.6) is 0 Å². The van der Waals surface area contributed by atoms with Gasteiger partial charge < -0.3 is 5.32 Å². The van der Waals surface area contributed by atoms with Crippen molar-refractivity contribution >= 4 is 11.8 Å². The highest BCUT2D eigenvalue weighted by atomic mass is 16.2. The van der Waals surface area contributed by atoms with E-state index in [-0.39, 0.29) is 17.6 Å². The van der Waals surface area contributed by atoms with Gasteiger partial charge in [0, 0.05) is 12.3 Å². The smallest absolute Gasteiger partial charge is 0.320 e. The molecule has 0 radical (unpaired) electrons. The van der Waals surface area contributed by atoms with Crippen molar-refractivity contribution in [3.63, 3.8) is 0 Å². The van der Waals surface area contributed by atoms with Gasteiger partial charge in [0.1, 0.15) is 5.82 Å². The lowest BCUT2D eigenvalue weighted by molar-refractivity contribution is 0.248. The molecule has 2 heterocycles. The fourth-order valence-electron chi connectivity index (χ4n) is 1.99. The van der Waals surface area contributed by atoms with E-state index in [1.54, 1.807) is 23.1 Å². The summed E-state index contributed by atoms with van der Waals surface area (Å²) < 4.78 is 1.78. The summed E-state index contributed by atoms with van der Waals surface area (Å²) in [4.78, 5) is 16.3. The monoisotopic (exact) mass is 287 g/mol. The number of pyridine rings is 1. The molecule has 0 bridgehead atoms. The van der Waals surface area contributed by atoms with Crippen LogP contribution in [0.1, 0.15) is 39.4 Å². The molecule has 0 saturated carbocycles. The SMILES string of the molecule is C[C@@H](NC(=O)Nc1ccnn1C(C)(C)C)c1ccccn1. The van der Waals surface area contributed by atoms with Crippen molar-refractivity contribution < 1.29 is 4.79 Å². The van der Waals surface area contributed by atoms with E-state index >= 15 is 0 Å². The summed E-state index contributed by atoms with van der Waals surface area (Å²) in [6, 6.07) is 6.95. The van der Waals surface area contributed by atoms with Crippen molar-refractivity contribution in [1.29, 1.82) is 0 Å². The Morgan fingerprint density at radius 2 is 2.00 bits per heavy atom. The quantitative estimate of drug-likeness (QED) is 0.911. The fourth-order valence-corrected chi connectivity index (χ4v) is 1.99. The van der Waals surface area contributed by atoms with E-state index in [2.05, 4.69) is 20.7 Å². The first-order valence-corrected chi connectivity index (χ1v) is 6.91. The van der Waals surface area contributed by atoms with Crippen LogP contribution in [0.3, 0.4) is 0 Å². The molecule has 1 atom stereocenters. The number of rotatable bonds is 3. The zero-order chi connectivity index (χ0) is 15.5. The van der Waals surface area contributed by atoms with Gasteiger partial charge in [0.2, 0.25) is 0 Å². The number of hydrogen-bond acceptors (Lipinski definition) is 3. The molecular formula is C15H21N5O. The summed E-state index contributed by atoms with van der Waals surface area (Å²) in [7, 11) is 0. The normalized spacial score (nSPS) is 12.8. The zero-order valence-electron chi connectivity index (χ0n) is 12.8. The van der Waals surface area contributed by atoms with Crippen molar-refractivity contribution in [2.75, 3.05) is 5.32 Å². The molecule has 2 aromatic heterocycles. The number of nitrogens with one attached hydrogen (secondary N) is 2. The van der Waals surface area contributed by atoms with Gasteiger partial charge in [-0.15, -0.1) is 0 Å². The molecule has 0 saturated heterocycles. The van der Waals surface area contributed by atoms with Crippen molar-refractivity contribution in [3.8, 4) is 0 Å². The second-order valence-electron chi connectivity index (χ2n) is 5.87. The van der Waals surface area contributed by atoms with Gasteiger partial charge >= 0.3 is 6.03 Å². The summed E-state index contributed by atoms with van der Waals surface area (Å²) in [5.41, 5.74) is 0.621. The van der Waals surface area contributed by atoms with E-state index in [0.717, 1.165) is 5.69 Å². The van der Waals surface area contributed by atoms with Crippen LogP contribution < -0.4 is 10.6 Å². The lowest BCUT2D eigenvalue weighted by Gasteiger charge is -2.22. The van der Waals surface area contributed by atoms with Crippen LogP contribution in [0.4, 0.5) is 10.6 Å². The number of nitrogens with zero attached hydrogens (tertiary/aromatic N) is 3. The maximum atomic E-state index is 12.1. The molecule has 21 heavy (non-hydrogen) atoms. The average molecular weight is 287 g/mol. The van der Waals surface area contributed by atoms with Crippen LogP contribution in [0.25, 0.3) is 0 Å². The summed E-state index contributed by atoms with van der Waals surface area (Å²) in [6.07, 6.45) is 3.38. The van der Waals surface area contributed by atoms with Gasteiger partial charge in [0.15, 0.2) is 0 Å². The van der Waals surface area contributed by atoms with Crippen LogP contribution >= 0.6 is 0 Å². The number of hydrogen-bond donors (Lipinski definition) is 2. The Kier molecular flexibility index (Phi) is 4.26. The van der Waals surface area contributed by atoms with Crippen LogP contribution in [0.2, 0.25) is 0 Å². The fraction of sp³-hybridized carbons (Fsp3) is 0.400. The van der Waals surface area contributed by atoms with Gasteiger partial charge in [-0.1, -0.05) is 6.07 Å². The van der Waals surface area contributed by atoms with E-state index in [4.69, 9.17) is 0 Å². The Morgan fingerprint density at radius 1 is 1.24 bits per heavy atom. The Hall–Kier alpha value is -2.37. The average Bonchev–Trinajstić information content (AvgIpc) is 2.87. The van der Waals surface area contributed by atoms with E-state index in [9.17, 15) is 4.79 Å². The maximum Gasteiger partial charge on any atom is 0.320 e. The van der Waals surface area contributed by atoms with Crippen LogP contribution in [0, 0.1) is 0 Å². The van der Waals surface area contributed by atoms with E-state index in [1.807, 2.05) is 45.9 Å². The zero-order valence-corrected chi connectivity index (χ0v) is 12.8. The van der Waals surface area contributed by atoms with Crippen molar-refractivity contribution in [2.45, 2.75) is 39.3 Å². The van der Waals surface area contributed by atoms with Gasteiger partial charge in [-0.25, -0.2) is 9.48 Å². The molecule has 2 amide bonds. The summed E-state index contributed by atoms with van der Waals surface area (Å²) >= 11 is 0. The molecule has 0 spiro atoms. The number of carbonyl (C=O) groups excluding carboxylic acids is 1. The number of aromatic nitrogens is 3. The molecular weight excluding hydrogens is 266 g/mol. The molecule has 0 unspecified atom stereocenters. The van der Waals surface area contributed by atoms with Gasteiger partial charge in [-0.2, -0.15) is 5.10 Å². The van der Waals surface area contributed by atoms with Gasteiger partial charge in [-0.3, -0.25) is 10.3 Å². The standard InChI is InChI=1S/C15H21N5O/c1-11(12-7-5-6-9-16-12)18-14(21)19-13-8-10-17-20(13)15(2,3)4/h5-11H,1-4H3,(H2,18,19,21)/t11-/m1/s1. The highest BCUT2D eigenvalue weighted by molar-refractivity contribution is 5.88. The lowest BCUT2D eigenvalue weighted by Crippen LogP contribution is -2.34. The first-order chi connectivity index (χ1) is 9.88. The second-order valence-corrected chi connectivity index (χ2v) is 5.87. The highest BCUT2D eigenvalue weighted by Gasteiger charge is 2.19. The van der Waals surface area contributed by atoms with Gasteiger partial charge in [0.05, 0.1) is 23.5 Å². The molecule has 0 aliphatic rings. The minimum absolute atomic E-state index is 0.169. The predicted octanol–water partition coefficient (Wildman–Crippen LogP) is 2.92. The molecule has 6 nitrogen and oxygen atoms in total. The first-order valence-electron chi connectivity index (χ1n) is 6.91.